The van der Waals surface area contributed by atoms with E-state index in [-0.39, 0.29) is 11.9 Å². The van der Waals surface area contributed by atoms with E-state index in [4.69, 9.17) is 5.26 Å². The second kappa shape index (κ2) is 6.75. The summed E-state index contributed by atoms with van der Waals surface area (Å²) in [6, 6.07) is 2.47. The van der Waals surface area contributed by atoms with Crippen molar-refractivity contribution in [2.75, 3.05) is 13.1 Å². The van der Waals surface area contributed by atoms with Gasteiger partial charge >= 0.3 is 0 Å². The first kappa shape index (κ1) is 13.4. The predicted molar refractivity (Wildman–Crippen MR) is 69.8 cm³/mol. The fourth-order valence-corrected chi connectivity index (χ4v) is 3.22. The zero-order chi connectivity index (χ0) is 12.8. The molecule has 2 aliphatic rings. The van der Waals surface area contributed by atoms with E-state index in [9.17, 15) is 4.79 Å². The Morgan fingerprint density at radius 2 is 1.94 bits per heavy atom. The highest BCUT2D eigenvalue weighted by Crippen LogP contribution is 2.25. The molecule has 1 N–H and O–H groups in total. The summed E-state index contributed by atoms with van der Waals surface area (Å²) in [5.74, 6) is 0.0540. The smallest absolute Gasteiger partial charge is 0.238 e. The van der Waals surface area contributed by atoms with Crippen LogP contribution in [-0.2, 0) is 4.79 Å². The van der Waals surface area contributed by atoms with Crippen LogP contribution in [0, 0.1) is 11.3 Å². The quantitative estimate of drug-likeness (QED) is 0.759. The highest BCUT2D eigenvalue weighted by molar-refractivity contribution is 5.82. The molecule has 2 rings (SSSR count). The Morgan fingerprint density at radius 3 is 2.61 bits per heavy atom. The molecule has 1 heterocycles. The van der Waals surface area contributed by atoms with Crippen LogP contribution in [-0.4, -0.2) is 36.0 Å². The maximum absolute atomic E-state index is 12.0. The van der Waals surface area contributed by atoms with Gasteiger partial charge in [-0.3, -0.25) is 9.69 Å². The molecule has 0 aromatic carbocycles. The summed E-state index contributed by atoms with van der Waals surface area (Å²) in [4.78, 5) is 14.4. The van der Waals surface area contributed by atoms with Crippen LogP contribution in [0.15, 0.2) is 0 Å². The normalized spacial score (nSPS) is 27.9. The van der Waals surface area contributed by atoms with Crippen LogP contribution in [0.4, 0.5) is 0 Å². The molecule has 4 heteroatoms. The first-order chi connectivity index (χ1) is 8.83. The summed E-state index contributed by atoms with van der Waals surface area (Å²) >= 11 is 0. The summed E-state index contributed by atoms with van der Waals surface area (Å²) in [6.07, 6.45) is 8.87. The van der Waals surface area contributed by atoms with Crippen LogP contribution in [0.3, 0.4) is 0 Å². The highest BCUT2D eigenvalue weighted by atomic mass is 16.2. The standard InChI is InChI=1S/C14H23N3O/c15-9-8-13-14(18)16-10-5-11-17(13)12-6-3-1-2-4-7-12/h12-13H,1-8,10-11H2,(H,16,18). The Labute approximate surface area is 109 Å². The SMILES string of the molecule is N#CCC1C(=O)NCCCN1C1CCCCCC1. The van der Waals surface area contributed by atoms with Gasteiger partial charge in [0.25, 0.3) is 0 Å². The number of nitrogens with one attached hydrogen (secondary N) is 1. The molecular weight excluding hydrogens is 226 g/mol. The van der Waals surface area contributed by atoms with Crippen molar-refractivity contribution in [2.24, 2.45) is 0 Å². The van der Waals surface area contributed by atoms with Gasteiger partial charge in [0.2, 0.25) is 5.91 Å². The second-order valence-corrected chi connectivity index (χ2v) is 5.41. The molecule has 100 valence electrons. The van der Waals surface area contributed by atoms with E-state index in [0.717, 1.165) is 19.5 Å². The molecular formula is C14H23N3O. The molecule has 1 aliphatic carbocycles. The number of hydrogen-bond acceptors (Lipinski definition) is 3. The molecule has 18 heavy (non-hydrogen) atoms. The second-order valence-electron chi connectivity index (χ2n) is 5.41. The maximum Gasteiger partial charge on any atom is 0.238 e. The molecule has 1 saturated carbocycles. The Kier molecular flexibility index (Phi) is 5.00. The number of carbonyl (C=O) groups is 1. The van der Waals surface area contributed by atoms with Gasteiger partial charge in [-0.25, -0.2) is 0 Å². The monoisotopic (exact) mass is 249 g/mol. The minimum atomic E-state index is -0.222. The zero-order valence-electron chi connectivity index (χ0n) is 11.0. The van der Waals surface area contributed by atoms with Gasteiger partial charge in [0.15, 0.2) is 0 Å². The fraction of sp³-hybridized carbons (Fsp3) is 0.857. The average Bonchev–Trinajstić information content (AvgIpc) is 2.72. The number of nitriles is 1. The molecule has 1 saturated heterocycles. The number of nitrogens with zero attached hydrogens (tertiary/aromatic N) is 2. The van der Waals surface area contributed by atoms with Crippen LogP contribution < -0.4 is 5.32 Å². The number of hydrogen-bond donors (Lipinski definition) is 1. The van der Waals surface area contributed by atoms with Crippen molar-refractivity contribution in [1.29, 1.82) is 5.26 Å². The Balaban J connectivity index is 2.09. The lowest BCUT2D eigenvalue weighted by Gasteiger charge is -2.34. The first-order valence-electron chi connectivity index (χ1n) is 7.23. The van der Waals surface area contributed by atoms with Crippen LogP contribution in [0.25, 0.3) is 0 Å². The molecule has 0 spiro atoms. The van der Waals surface area contributed by atoms with E-state index < -0.39 is 0 Å². The molecule has 1 unspecified atom stereocenters. The first-order valence-corrected chi connectivity index (χ1v) is 7.23. The minimum absolute atomic E-state index is 0.0540. The third-order valence-electron chi connectivity index (χ3n) is 4.17. The lowest BCUT2D eigenvalue weighted by Crippen LogP contribution is -2.48. The van der Waals surface area contributed by atoms with Gasteiger partial charge in [0.05, 0.1) is 12.5 Å². The van der Waals surface area contributed by atoms with Gasteiger partial charge in [-0.05, 0) is 19.3 Å². The van der Waals surface area contributed by atoms with Crippen LogP contribution in [0.1, 0.15) is 51.4 Å². The van der Waals surface area contributed by atoms with E-state index in [0.29, 0.717) is 12.5 Å². The van der Waals surface area contributed by atoms with E-state index in [1.165, 1.54) is 38.5 Å². The summed E-state index contributed by atoms with van der Waals surface area (Å²) in [6.45, 7) is 1.71. The molecule has 0 aromatic heterocycles. The summed E-state index contributed by atoms with van der Waals surface area (Å²) in [7, 11) is 0. The average molecular weight is 249 g/mol. The van der Waals surface area contributed by atoms with Crippen LogP contribution in [0.5, 0.6) is 0 Å². The van der Waals surface area contributed by atoms with E-state index in [1.54, 1.807) is 0 Å². The highest BCUT2D eigenvalue weighted by Gasteiger charge is 2.32. The molecule has 2 fully saturated rings. The molecule has 0 radical (unpaired) electrons. The molecule has 4 nitrogen and oxygen atoms in total. The van der Waals surface area contributed by atoms with Crippen molar-refractivity contribution >= 4 is 5.91 Å². The van der Waals surface area contributed by atoms with Gasteiger partial charge in [-0.2, -0.15) is 5.26 Å². The van der Waals surface area contributed by atoms with Crippen molar-refractivity contribution in [3.63, 3.8) is 0 Å². The van der Waals surface area contributed by atoms with E-state index in [2.05, 4.69) is 16.3 Å². The van der Waals surface area contributed by atoms with Gasteiger partial charge in [0.1, 0.15) is 6.04 Å². The Hall–Kier alpha value is -1.08. The lowest BCUT2D eigenvalue weighted by molar-refractivity contribution is -0.126. The van der Waals surface area contributed by atoms with Gasteiger partial charge in [-0.1, -0.05) is 25.7 Å². The lowest BCUT2D eigenvalue weighted by atomic mass is 10.0. The van der Waals surface area contributed by atoms with E-state index in [1.807, 2.05) is 0 Å². The van der Waals surface area contributed by atoms with Crippen molar-refractivity contribution in [3.05, 3.63) is 0 Å². The van der Waals surface area contributed by atoms with Gasteiger partial charge < -0.3 is 5.32 Å². The largest absolute Gasteiger partial charge is 0.355 e. The molecule has 1 aliphatic heterocycles. The third kappa shape index (κ3) is 3.23. The summed E-state index contributed by atoms with van der Waals surface area (Å²) in [5, 5.41) is 11.9. The van der Waals surface area contributed by atoms with Crippen molar-refractivity contribution in [1.82, 2.24) is 10.2 Å². The summed E-state index contributed by atoms with van der Waals surface area (Å²) in [5.41, 5.74) is 0. The predicted octanol–water partition coefficient (Wildman–Crippen LogP) is 1.81. The molecule has 0 aromatic rings. The number of rotatable bonds is 2. The fourth-order valence-electron chi connectivity index (χ4n) is 3.22. The Bertz CT molecular complexity index is 315. The number of amides is 1. The number of carbonyl (C=O) groups excluding carboxylic acids is 1. The summed E-state index contributed by atoms with van der Waals surface area (Å²) < 4.78 is 0. The zero-order valence-corrected chi connectivity index (χ0v) is 11.0. The van der Waals surface area contributed by atoms with Gasteiger partial charge in [0, 0.05) is 19.1 Å². The molecule has 1 atom stereocenters. The van der Waals surface area contributed by atoms with Crippen LogP contribution in [0.2, 0.25) is 0 Å². The molecule has 0 bridgehead atoms. The molecule has 1 amide bonds. The van der Waals surface area contributed by atoms with Crippen LogP contribution >= 0.6 is 0 Å². The van der Waals surface area contributed by atoms with Crippen molar-refractivity contribution in [2.45, 2.75) is 63.5 Å². The minimum Gasteiger partial charge on any atom is -0.355 e. The topological polar surface area (TPSA) is 56.1 Å². The van der Waals surface area contributed by atoms with Gasteiger partial charge in [-0.15, -0.1) is 0 Å². The van der Waals surface area contributed by atoms with Crippen molar-refractivity contribution < 1.29 is 4.79 Å². The Morgan fingerprint density at radius 1 is 1.22 bits per heavy atom. The van der Waals surface area contributed by atoms with Crippen molar-refractivity contribution in [3.8, 4) is 6.07 Å². The third-order valence-corrected chi connectivity index (χ3v) is 4.17. The maximum atomic E-state index is 12.0. The van der Waals surface area contributed by atoms with E-state index >= 15 is 0 Å².